The van der Waals surface area contributed by atoms with Gasteiger partial charge in [0.15, 0.2) is 0 Å². The van der Waals surface area contributed by atoms with Crippen molar-refractivity contribution in [1.29, 1.82) is 10.8 Å². The highest BCUT2D eigenvalue weighted by atomic mass is 32.2. The molecule has 60 heavy (non-hydrogen) atoms. The third-order valence-corrected chi connectivity index (χ3v) is 9.52. The number of carbonyl (C=O) groups excluding carboxylic acids is 5. The number of nitrogens with one attached hydrogen (secondary N) is 4. The summed E-state index contributed by atoms with van der Waals surface area (Å²) in [6.07, 6.45) is -2.16. The van der Waals surface area contributed by atoms with Gasteiger partial charge in [0.2, 0.25) is 0 Å². The Bertz CT molecular complexity index is 1980. The molecule has 0 saturated carbocycles. The fraction of sp³-hybridized carbons (Fsp3) is 0.500. The molecule has 328 valence electrons. The minimum Gasteiger partial charge on any atom is -0.460 e. The number of amides is 4. The minimum atomic E-state index is -3.62. The normalized spacial score (nSPS) is 18.4. The summed E-state index contributed by atoms with van der Waals surface area (Å²) < 4.78 is 51.5. The zero-order valence-electron chi connectivity index (χ0n) is 34.3. The van der Waals surface area contributed by atoms with Crippen molar-refractivity contribution in [3.63, 3.8) is 0 Å². The van der Waals surface area contributed by atoms with Crippen molar-refractivity contribution in [2.75, 3.05) is 89.2 Å². The number of ether oxygens (including phenoxy) is 5. The van der Waals surface area contributed by atoms with Crippen molar-refractivity contribution >= 4 is 63.5 Å². The third-order valence-electron chi connectivity index (χ3n) is 8.96. The average molecular weight is 861 g/mol. The van der Waals surface area contributed by atoms with E-state index in [1.54, 1.807) is 53.4 Å². The van der Waals surface area contributed by atoms with E-state index in [4.69, 9.17) is 25.0 Å². The Kier molecular flexibility index (Phi) is 16.3. The van der Waals surface area contributed by atoms with Crippen LogP contribution in [-0.2, 0) is 42.8 Å². The first-order valence-corrected chi connectivity index (χ1v) is 20.6. The predicted molar refractivity (Wildman–Crippen MR) is 217 cm³/mol. The smallest absolute Gasteiger partial charge is 0.414 e. The molecule has 3 fully saturated rings. The first-order chi connectivity index (χ1) is 28.2. The molecule has 4 N–H and O–H groups in total. The number of benzene rings is 2. The topological polar surface area (TPSA) is 260 Å². The molecular formula is C38H52N8O13S. The van der Waals surface area contributed by atoms with Crippen LogP contribution >= 0.6 is 0 Å². The van der Waals surface area contributed by atoms with Crippen LogP contribution in [-0.4, -0.2) is 157 Å². The number of hydrogen-bond acceptors (Lipinski definition) is 17. The van der Waals surface area contributed by atoms with Crippen LogP contribution in [0.25, 0.3) is 0 Å². The number of rotatable bonds is 12. The number of methoxy groups -OCH3 is 2. The van der Waals surface area contributed by atoms with E-state index in [1.807, 2.05) is 20.8 Å². The van der Waals surface area contributed by atoms with E-state index in [-0.39, 0.29) is 36.9 Å². The molecule has 3 saturated heterocycles. The maximum Gasteiger partial charge on any atom is 0.414 e. The Morgan fingerprint density at radius 2 is 1.18 bits per heavy atom. The van der Waals surface area contributed by atoms with Crippen LogP contribution in [0.5, 0.6) is 0 Å². The summed E-state index contributed by atoms with van der Waals surface area (Å²) in [7, 11) is -1.20. The summed E-state index contributed by atoms with van der Waals surface area (Å²) in [4.78, 5) is 66.0. The number of nitrogens with zero attached hydrogens (tertiary/aromatic N) is 4. The molecular weight excluding hydrogens is 809 g/mol. The van der Waals surface area contributed by atoms with Gasteiger partial charge in [-0.1, -0.05) is 0 Å². The molecule has 2 unspecified atom stereocenters. The molecule has 3 aliphatic rings. The molecule has 3 heterocycles. The van der Waals surface area contributed by atoms with Crippen LogP contribution in [0.15, 0.2) is 48.5 Å². The number of esters is 1. The monoisotopic (exact) mass is 860 g/mol. The maximum atomic E-state index is 12.4. The van der Waals surface area contributed by atoms with Gasteiger partial charge in [-0.15, -0.1) is 0 Å². The highest BCUT2D eigenvalue weighted by Crippen LogP contribution is 2.24. The van der Waals surface area contributed by atoms with Crippen molar-refractivity contribution in [3.8, 4) is 0 Å². The summed E-state index contributed by atoms with van der Waals surface area (Å²) in [5, 5.41) is 20.2. The number of alkyl carbamates (subject to hydrolysis) is 2. The van der Waals surface area contributed by atoms with Crippen LogP contribution < -0.4 is 20.4 Å². The fourth-order valence-electron chi connectivity index (χ4n) is 6.04. The van der Waals surface area contributed by atoms with Gasteiger partial charge < -0.3 is 28.6 Å². The zero-order chi connectivity index (χ0) is 44.2. The molecule has 0 radical (unpaired) electrons. The molecule has 4 amide bonds. The highest BCUT2D eigenvalue weighted by Gasteiger charge is 2.35. The lowest BCUT2D eigenvalue weighted by molar-refractivity contribution is -0.155. The van der Waals surface area contributed by atoms with Crippen molar-refractivity contribution in [2.45, 2.75) is 45.0 Å². The van der Waals surface area contributed by atoms with Crippen molar-refractivity contribution < 1.29 is 60.3 Å². The van der Waals surface area contributed by atoms with Crippen LogP contribution in [0.2, 0.25) is 0 Å². The van der Waals surface area contributed by atoms with Crippen LogP contribution in [0.4, 0.5) is 30.6 Å². The molecule has 22 heteroatoms. The molecule has 0 aliphatic carbocycles. The summed E-state index contributed by atoms with van der Waals surface area (Å²) >= 11 is 0. The Morgan fingerprint density at radius 3 is 1.62 bits per heavy atom. The molecule has 0 spiro atoms. The van der Waals surface area contributed by atoms with Crippen molar-refractivity contribution in [2.24, 2.45) is 0 Å². The molecule has 5 rings (SSSR count). The minimum absolute atomic E-state index is 0.0875. The SMILES string of the molecule is COC(=O)NC(=N)c1ccc(N2CC(CN3CCN(CCC(=O)OC(C)(C)C)CC3)OC2=O)cc1.COC(=O)NC(=N)c1ccc(N2CC(COS(C)(=O)=O)OC2=O)cc1. The largest absolute Gasteiger partial charge is 0.460 e. The lowest BCUT2D eigenvalue weighted by Crippen LogP contribution is -2.49. The van der Waals surface area contributed by atoms with E-state index < -0.39 is 46.2 Å². The lowest BCUT2D eigenvalue weighted by atomic mass is 10.1. The highest BCUT2D eigenvalue weighted by molar-refractivity contribution is 7.85. The molecule has 2 atom stereocenters. The number of piperazine rings is 1. The first-order valence-electron chi connectivity index (χ1n) is 18.8. The third kappa shape index (κ3) is 14.8. The summed E-state index contributed by atoms with van der Waals surface area (Å²) in [5.74, 6) is -0.417. The van der Waals surface area contributed by atoms with E-state index in [9.17, 15) is 32.4 Å². The van der Waals surface area contributed by atoms with Crippen molar-refractivity contribution in [3.05, 3.63) is 59.7 Å². The Balaban J connectivity index is 0.000000280. The van der Waals surface area contributed by atoms with Crippen molar-refractivity contribution in [1.82, 2.24) is 20.4 Å². The van der Waals surface area contributed by atoms with Gasteiger partial charge in [-0.3, -0.25) is 45.1 Å². The predicted octanol–water partition coefficient (Wildman–Crippen LogP) is 2.71. The zero-order valence-corrected chi connectivity index (χ0v) is 35.2. The summed E-state index contributed by atoms with van der Waals surface area (Å²) in [6.45, 7) is 10.6. The summed E-state index contributed by atoms with van der Waals surface area (Å²) in [6, 6.07) is 13.0. The van der Waals surface area contributed by atoms with E-state index >= 15 is 0 Å². The van der Waals surface area contributed by atoms with Gasteiger partial charge >= 0.3 is 30.3 Å². The van der Waals surface area contributed by atoms with Gasteiger partial charge in [-0.2, -0.15) is 8.42 Å². The Labute approximate surface area is 348 Å². The second-order valence-corrected chi connectivity index (χ2v) is 16.4. The van der Waals surface area contributed by atoms with E-state index in [0.29, 0.717) is 48.6 Å². The molecule has 2 aromatic rings. The van der Waals surface area contributed by atoms with E-state index in [0.717, 1.165) is 32.4 Å². The van der Waals surface area contributed by atoms with Gasteiger partial charge in [0.1, 0.15) is 36.1 Å². The Morgan fingerprint density at radius 1 is 0.750 bits per heavy atom. The van der Waals surface area contributed by atoms with Gasteiger partial charge in [-0.25, -0.2) is 19.2 Å². The quantitative estimate of drug-likeness (QED) is 0.0787. The molecule has 3 aliphatic heterocycles. The second kappa shape index (κ2) is 20.9. The number of hydrogen-bond donors (Lipinski definition) is 4. The fourth-order valence-corrected chi connectivity index (χ4v) is 6.44. The average Bonchev–Trinajstić information content (AvgIpc) is 3.76. The lowest BCUT2D eigenvalue weighted by Gasteiger charge is -2.35. The van der Waals surface area contributed by atoms with E-state index in [2.05, 4.69) is 34.1 Å². The van der Waals surface area contributed by atoms with Crippen LogP contribution in [0.1, 0.15) is 38.3 Å². The standard InChI is InChI=1S/C24H35N5O6.C14H17N3O7S/c1-24(2,3)35-20(30)9-10-27-11-13-28(14-12-27)15-19-16-29(23(32)34-19)18-7-5-17(6-8-18)21(25)26-22(31)33-4;1-22-13(18)16-12(15)9-3-5-10(6-4-9)17-7-11(24-14(17)19)8-23-25(2,20)21/h5-8,19H,9-16H2,1-4H3,(H2,25,26,31);3-6,11H,7-8H2,1-2H3,(H2,15,16,18). The van der Waals surface area contributed by atoms with Crippen LogP contribution in [0.3, 0.4) is 0 Å². The van der Waals surface area contributed by atoms with Gasteiger partial charge in [0.25, 0.3) is 10.1 Å². The van der Waals surface area contributed by atoms with Gasteiger partial charge in [-0.05, 0) is 69.3 Å². The molecule has 21 nitrogen and oxygen atoms in total. The van der Waals surface area contributed by atoms with Gasteiger partial charge in [0, 0.05) is 61.8 Å². The number of carbonyl (C=O) groups is 5. The second-order valence-electron chi connectivity index (χ2n) is 14.8. The van der Waals surface area contributed by atoms with Gasteiger partial charge in [0.05, 0.1) is 40.0 Å². The molecule has 0 bridgehead atoms. The summed E-state index contributed by atoms with van der Waals surface area (Å²) in [5.41, 5.74) is 1.61. The number of amidine groups is 2. The molecule has 0 aromatic heterocycles. The number of anilines is 2. The van der Waals surface area contributed by atoms with Crippen LogP contribution in [0, 0.1) is 10.8 Å². The van der Waals surface area contributed by atoms with E-state index in [1.165, 1.54) is 19.1 Å². The Hall–Kier alpha value is -5.84. The maximum absolute atomic E-state index is 12.4. The first kappa shape index (κ1) is 46.8. The molecule has 2 aromatic carbocycles. The number of cyclic esters (lactones) is 2.